The number of rotatable bonds is 3. The molecular weight excluding hydrogens is 154 g/mol. The molecule has 64 valence electrons. The molecule has 3 heteroatoms. The second kappa shape index (κ2) is 3.97. The molecule has 0 N–H and O–H groups in total. The Morgan fingerprint density at radius 2 is 2.42 bits per heavy atom. The number of ether oxygens (including phenoxy) is 1. The van der Waals surface area contributed by atoms with Gasteiger partial charge < -0.3 is 4.74 Å². The Morgan fingerprint density at radius 3 is 2.92 bits per heavy atom. The summed E-state index contributed by atoms with van der Waals surface area (Å²) in [7, 11) is 1.51. The number of hydrogen-bond donors (Lipinski definition) is 0. The number of ketones is 1. The first-order chi connectivity index (χ1) is 5.75. The normalized spacial score (nSPS) is 12.5. The molecule has 1 unspecified atom stereocenters. The van der Waals surface area contributed by atoms with Crippen LogP contribution < -0.4 is 0 Å². The monoisotopic (exact) mass is 165 g/mol. The first kappa shape index (κ1) is 8.87. The zero-order chi connectivity index (χ0) is 8.97. The summed E-state index contributed by atoms with van der Waals surface area (Å²) in [4.78, 5) is 15.3. The largest absolute Gasteiger partial charge is 0.374 e. The summed E-state index contributed by atoms with van der Waals surface area (Å²) in [5, 5.41) is 0. The van der Waals surface area contributed by atoms with E-state index >= 15 is 0 Å². The lowest BCUT2D eigenvalue weighted by Gasteiger charge is -2.06. The molecule has 0 radical (unpaired) electrons. The molecule has 1 heterocycles. The van der Waals surface area contributed by atoms with Crippen LogP contribution in [0.25, 0.3) is 0 Å². The number of aromatic nitrogens is 1. The van der Waals surface area contributed by atoms with Crippen LogP contribution in [0.1, 0.15) is 17.3 Å². The van der Waals surface area contributed by atoms with Crippen molar-refractivity contribution in [2.24, 2.45) is 0 Å². The van der Waals surface area contributed by atoms with Gasteiger partial charge in [-0.1, -0.05) is 0 Å². The molecule has 12 heavy (non-hydrogen) atoms. The smallest absolute Gasteiger partial charge is 0.192 e. The lowest BCUT2D eigenvalue weighted by atomic mass is 10.1. The van der Waals surface area contributed by atoms with Crippen LogP contribution >= 0.6 is 0 Å². The molecule has 0 aromatic carbocycles. The van der Waals surface area contributed by atoms with Crippen molar-refractivity contribution >= 4 is 5.78 Å². The predicted octanol–water partition coefficient (Wildman–Crippen LogP) is 1.30. The van der Waals surface area contributed by atoms with Gasteiger partial charge in [0.15, 0.2) is 5.78 Å². The maximum absolute atomic E-state index is 11.4. The molecule has 0 amide bonds. The molecule has 1 rings (SSSR count). The van der Waals surface area contributed by atoms with Crippen molar-refractivity contribution in [3.63, 3.8) is 0 Å². The van der Waals surface area contributed by atoms with E-state index in [9.17, 15) is 4.79 Å². The van der Waals surface area contributed by atoms with Gasteiger partial charge in [-0.3, -0.25) is 9.78 Å². The quantitative estimate of drug-likeness (QED) is 0.634. The van der Waals surface area contributed by atoms with E-state index in [0.29, 0.717) is 5.56 Å². The second-order valence-corrected chi connectivity index (χ2v) is 2.48. The molecule has 1 aromatic heterocycles. The number of hydrogen-bond acceptors (Lipinski definition) is 3. The summed E-state index contributed by atoms with van der Waals surface area (Å²) >= 11 is 0. The summed E-state index contributed by atoms with van der Waals surface area (Å²) in [6.07, 6.45) is 2.78. The number of pyridine rings is 1. The van der Waals surface area contributed by atoms with Crippen LogP contribution in [-0.2, 0) is 4.74 Å². The molecule has 0 saturated heterocycles. The van der Waals surface area contributed by atoms with Gasteiger partial charge in [0.25, 0.3) is 0 Å². The highest BCUT2D eigenvalue weighted by Crippen LogP contribution is 2.02. The maximum Gasteiger partial charge on any atom is 0.192 e. The Hall–Kier alpha value is -1.22. The summed E-state index contributed by atoms with van der Waals surface area (Å²) in [6, 6.07) is 3.46. The SMILES string of the molecule is COC(C)C(=O)c1cccnc1. The van der Waals surface area contributed by atoms with E-state index in [4.69, 9.17) is 4.74 Å². The van der Waals surface area contributed by atoms with Crippen molar-refractivity contribution in [2.75, 3.05) is 7.11 Å². The average molecular weight is 165 g/mol. The first-order valence-corrected chi connectivity index (χ1v) is 3.72. The third-order valence-corrected chi connectivity index (χ3v) is 1.67. The fourth-order valence-electron chi connectivity index (χ4n) is 0.850. The molecule has 0 bridgehead atoms. The van der Waals surface area contributed by atoms with E-state index in [0.717, 1.165) is 0 Å². The molecule has 3 nitrogen and oxygen atoms in total. The van der Waals surface area contributed by atoms with E-state index in [-0.39, 0.29) is 5.78 Å². The van der Waals surface area contributed by atoms with Crippen LogP contribution in [0.3, 0.4) is 0 Å². The first-order valence-electron chi connectivity index (χ1n) is 3.72. The van der Waals surface area contributed by atoms with Crippen LogP contribution in [-0.4, -0.2) is 24.0 Å². The van der Waals surface area contributed by atoms with Crippen molar-refractivity contribution in [2.45, 2.75) is 13.0 Å². The molecule has 1 aromatic rings. The summed E-state index contributed by atoms with van der Waals surface area (Å²) in [6.45, 7) is 1.72. The van der Waals surface area contributed by atoms with E-state index in [1.807, 2.05) is 0 Å². The minimum Gasteiger partial charge on any atom is -0.374 e. The summed E-state index contributed by atoms with van der Waals surface area (Å²) < 4.78 is 4.89. The molecule has 0 fully saturated rings. The van der Waals surface area contributed by atoms with Gasteiger partial charge in [-0.05, 0) is 19.1 Å². The van der Waals surface area contributed by atoms with Crippen molar-refractivity contribution in [3.8, 4) is 0 Å². The molecule has 0 spiro atoms. The third-order valence-electron chi connectivity index (χ3n) is 1.67. The third kappa shape index (κ3) is 1.89. The highest BCUT2D eigenvalue weighted by Gasteiger charge is 2.13. The summed E-state index contributed by atoms with van der Waals surface area (Å²) in [5.74, 6) is -0.0365. The number of nitrogens with zero attached hydrogens (tertiary/aromatic N) is 1. The fraction of sp³-hybridized carbons (Fsp3) is 0.333. The number of carbonyl (C=O) groups excluding carboxylic acids is 1. The standard InChI is InChI=1S/C9H11NO2/c1-7(12-2)9(11)8-4-3-5-10-6-8/h3-7H,1-2H3. The highest BCUT2D eigenvalue weighted by molar-refractivity contribution is 5.98. The van der Waals surface area contributed by atoms with Gasteiger partial charge in [-0.15, -0.1) is 0 Å². The maximum atomic E-state index is 11.4. The van der Waals surface area contributed by atoms with Gasteiger partial charge in [0.2, 0.25) is 0 Å². The molecule has 0 aliphatic rings. The molecule has 0 saturated carbocycles. The predicted molar refractivity (Wildman–Crippen MR) is 45.0 cm³/mol. The van der Waals surface area contributed by atoms with Gasteiger partial charge in [0.05, 0.1) is 0 Å². The van der Waals surface area contributed by atoms with Gasteiger partial charge in [0, 0.05) is 25.1 Å². The van der Waals surface area contributed by atoms with Crippen LogP contribution in [0.15, 0.2) is 24.5 Å². The molecule has 0 aliphatic carbocycles. The van der Waals surface area contributed by atoms with Crippen molar-refractivity contribution in [3.05, 3.63) is 30.1 Å². The van der Waals surface area contributed by atoms with Gasteiger partial charge in [-0.25, -0.2) is 0 Å². The number of Topliss-reactive ketones (excluding diaryl/α,β-unsaturated/α-hetero) is 1. The molecule has 1 atom stereocenters. The number of carbonyl (C=O) groups is 1. The fourth-order valence-corrected chi connectivity index (χ4v) is 0.850. The zero-order valence-electron chi connectivity index (χ0n) is 7.15. The van der Waals surface area contributed by atoms with E-state index in [1.54, 1.807) is 25.3 Å². The van der Waals surface area contributed by atoms with Crippen LogP contribution in [0.4, 0.5) is 0 Å². The topological polar surface area (TPSA) is 39.2 Å². The van der Waals surface area contributed by atoms with Crippen molar-refractivity contribution in [1.29, 1.82) is 0 Å². The minimum atomic E-state index is -0.394. The van der Waals surface area contributed by atoms with E-state index in [1.165, 1.54) is 13.3 Å². The lowest BCUT2D eigenvalue weighted by Crippen LogP contribution is -2.18. The van der Waals surface area contributed by atoms with Crippen LogP contribution in [0.5, 0.6) is 0 Å². The lowest BCUT2D eigenvalue weighted by molar-refractivity contribution is 0.0655. The second-order valence-electron chi connectivity index (χ2n) is 2.48. The van der Waals surface area contributed by atoms with Crippen LogP contribution in [0.2, 0.25) is 0 Å². The van der Waals surface area contributed by atoms with Crippen molar-refractivity contribution in [1.82, 2.24) is 4.98 Å². The zero-order valence-corrected chi connectivity index (χ0v) is 7.15. The number of methoxy groups -OCH3 is 1. The Morgan fingerprint density at radius 1 is 1.67 bits per heavy atom. The Bertz CT molecular complexity index is 258. The Labute approximate surface area is 71.4 Å². The van der Waals surface area contributed by atoms with E-state index < -0.39 is 6.10 Å². The minimum absolute atomic E-state index is 0.0365. The Kier molecular flexibility index (Phi) is 2.94. The molecular formula is C9H11NO2. The Balaban J connectivity index is 2.79. The summed E-state index contributed by atoms with van der Waals surface area (Å²) in [5.41, 5.74) is 0.590. The van der Waals surface area contributed by atoms with Gasteiger partial charge in [0.1, 0.15) is 6.10 Å². The van der Waals surface area contributed by atoms with Crippen LogP contribution in [0, 0.1) is 0 Å². The van der Waals surface area contributed by atoms with E-state index in [2.05, 4.69) is 4.98 Å². The molecule has 0 aliphatic heterocycles. The average Bonchev–Trinajstić information content (AvgIpc) is 2.17. The van der Waals surface area contributed by atoms with Crippen molar-refractivity contribution < 1.29 is 9.53 Å². The highest BCUT2D eigenvalue weighted by atomic mass is 16.5. The van der Waals surface area contributed by atoms with Gasteiger partial charge >= 0.3 is 0 Å². The van der Waals surface area contributed by atoms with Gasteiger partial charge in [-0.2, -0.15) is 0 Å².